The van der Waals surface area contributed by atoms with Crippen molar-refractivity contribution in [3.8, 4) is 5.75 Å². The Hall–Kier alpha value is -1.91. The summed E-state index contributed by atoms with van der Waals surface area (Å²) in [4.78, 5) is 22.6. The summed E-state index contributed by atoms with van der Waals surface area (Å²) in [7, 11) is 1.46. The maximum absolute atomic E-state index is 13.2. The van der Waals surface area contributed by atoms with Gasteiger partial charge in [-0.1, -0.05) is 0 Å². The zero-order chi connectivity index (χ0) is 12.4. The van der Waals surface area contributed by atoms with Gasteiger partial charge in [0, 0.05) is 12.0 Å². The third-order valence-electron chi connectivity index (χ3n) is 2.69. The summed E-state index contributed by atoms with van der Waals surface area (Å²) in [5.41, 5.74) is 0.494. The van der Waals surface area contributed by atoms with Gasteiger partial charge in [0.1, 0.15) is 17.3 Å². The largest absolute Gasteiger partial charge is 0.496 e. The van der Waals surface area contributed by atoms with E-state index in [1.807, 2.05) is 0 Å². The van der Waals surface area contributed by atoms with Crippen LogP contribution in [0.25, 0.3) is 0 Å². The number of rotatable bonds is 2. The van der Waals surface area contributed by atoms with Gasteiger partial charge in [0.05, 0.1) is 19.6 Å². The fourth-order valence-electron chi connectivity index (χ4n) is 1.94. The molecular weight excluding hydrogens is 225 g/mol. The second-order valence-corrected chi connectivity index (χ2v) is 3.93. The molecule has 1 saturated heterocycles. The highest BCUT2D eigenvalue weighted by Gasteiger charge is 2.27. The first-order chi connectivity index (χ1) is 8.10. The number of ether oxygens (including phenoxy) is 1. The van der Waals surface area contributed by atoms with Crippen LogP contribution in [0.2, 0.25) is 0 Å². The number of nitrogens with one attached hydrogen (secondary N) is 1. The Morgan fingerprint density at radius 2 is 2.18 bits per heavy atom. The SMILES string of the molecule is COc1ccc(F)cc1C1CC(=O)CC(=O)N1. The molecule has 90 valence electrons. The number of hydrogen-bond acceptors (Lipinski definition) is 3. The molecule has 5 heteroatoms. The third-order valence-corrected chi connectivity index (χ3v) is 2.69. The Bertz CT molecular complexity index is 457. The van der Waals surface area contributed by atoms with Crippen LogP contribution in [0.1, 0.15) is 24.4 Å². The Labute approximate surface area is 97.8 Å². The molecule has 0 bridgehead atoms. The molecule has 0 aliphatic carbocycles. The highest BCUT2D eigenvalue weighted by Crippen LogP contribution is 2.30. The predicted molar refractivity (Wildman–Crippen MR) is 58.1 cm³/mol. The van der Waals surface area contributed by atoms with E-state index in [1.165, 1.54) is 25.3 Å². The monoisotopic (exact) mass is 237 g/mol. The van der Waals surface area contributed by atoms with Crippen LogP contribution >= 0.6 is 0 Å². The van der Waals surface area contributed by atoms with Crippen molar-refractivity contribution in [2.45, 2.75) is 18.9 Å². The molecule has 1 N–H and O–H groups in total. The summed E-state index contributed by atoms with van der Waals surface area (Å²) in [5, 5.41) is 2.66. The van der Waals surface area contributed by atoms with Crippen molar-refractivity contribution < 1.29 is 18.7 Å². The molecule has 1 atom stereocenters. The van der Waals surface area contributed by atoms with Gasteiger partial charge in [0.25, 0.3) is 0 Å². The topological polar surface area (TPSA) is 55.4 Å². The van der Waals surface area contributed by atoms with Crippen molar-refractivity contribution in [1.29, 1.82) is 0 Å². The van der Waals surface area contributed by atoms with Crippen LogP contribution in [-0.4, -0.2) is 18.8 Å². The average molecular weight is 237 g/mol. The van der Waals surface area contributed by atoms with E-state index in [0.717, 1.165) is 0 Å². The lowest BCUT2D eigenvalue weighted by molar-refractivity contribution is -0.132. The predicted octanol–water partition coefficient (Wildman–Crippen LogP) is 1.35. The van der Waals surface area contributed by atoms with Gasteiger partial charge in [-0.05, 0) is 18.2 Å². The van der Waals surface area contributed by atoms with Crippen LogP contribution in [0.15, 0.2) is 18.2 Å². The maximum Gasteiger partial charge on any atom is 0.227 e. The highest BCUT2D eigenvalue weighted by atomic mass is 19.1. The van der Waals surface area contributed by atoms with Crippen molar-refractivity contribution in [2.75, 3.05) is 7.11 Å². The summed E-state index contributed by atoms with van der Waals surface area (Å²) in [6, 6.07) is 3.53. The normalized spacial score (nSPS) is 20.0. The van der Waals surface area contributed by atoms with E-state index < -0.39 is 11.9 Å². The molecule has 1 amide bonds. The highest BCUT2D eigenvalue weighted by molar-refractivity contribution is 6.00. The van der Waals surface area contributed by atoms with Crippen LogP contribution in [0.3, 0.4) is 0 Å². The molecule has 0 radical (unpaired) electrons. The fourth-order valence-corrected chi connectivity index (χ4v) is 1.94. The van der Waals surface area contributed by atoms with Crippen molar-refractivity contribution in [2.24, 2.45) is 0 Å². The molecule has 1 aliphatic heterocycles. The van der Waals surface area contributed by atoms with E-state index in [1.54, 1.807) is 0 Å². The van der Waals surface area contributed by atoms with Crippen molar-refractivity contribution in [3.05, 3.63) is 29.6 Å². The molecular formula is C12H12FNO3. The first-order valence-electron chi connectivity index (χ1n) is 5.24. The van der Waals surface area contributed by atoms with Crippen LogP contribution in [-0.2, 0) is 9.59 Å². The van der Waals surface area contributed by atoms with Crippen molar-refractivity contribution >= 4 is 11.7 Å². The van der Waals surface area contributed by atoms with E-state index in [2.05, 4.69) is 5.32 Å². The Kier molecular flexibility index (Phi) is 3.08. The molecule has 17 heavy (non-hydrogen) atoms. The number of halogens is 1. The number of hydrogen-bond donors (Lipinski definition) is 1. The first-order valence-corrected chi connectivity index (χ1v) is 5.24. The zero-order valence-electron chi connectivity index (χ0n) is 9.33. The Morgan fingerprint density at radius 1 is 1.41 bits per heavy atom. The smallest absolute Gasteiger partial charge is 0.227 e. The minimum Gasteiger partial charge on any atom is -0.496 e. The minimum atomic E-state index is -0.505. The van der Waals surface area contributed by atoms with Crippen LogP contribution < -0.4 is 10.1 Å². The standard InChI is InChI=1S/C12H12FNO3/c1-17-11-3-2-7(13)4-9(11)10-5-8(15)6-12(16)14-10/h2-4,10H,5-6H2,1H3,(H,14,16). The van der Waals surface area contributed by atoms with Crippen molar-refractivity contribution in [1.82, 2.24) is 5.32 Å². The first kappa shape index (κ1) is 11.6. The molecule has 0 saturated carbocycles. The minimum absolute atomic E-state index is 0.103. The number of methoxy groups -OCH3 is 1. The summed E-state index contributed by atoms with van der Waals surface area (Å²) in [5.74, 6) is -0.442. The molecule has 2 rings (SSSR count). The molecule has 1 aromatic carbocycles. The van der Waals surface area contributed by atoms with Gasteiger partial charge < -0.3 is 10.1 Å². The van der Waals surface area contributed by atoms with E-state index in [4.69, 9.17) is 4.74 Å². The van der Waals surface area contributed by atoms with Gasteiger partial charge in [0.15, 0.2) is 0 Å². The zero-order valence-corrected chi connectivity index (χ0v) is 9.33. The lowest BCUT2D eigenvalue weighted by Crippen LogP contribution is -2.37. The average Bonchev–Trinajstić information content (AvgIpc) is 2.27. The molecule has 1 aromatic rings. The molecule has 1 fully saturated rings. The fraction of sp³-hybridized carbons (Fsp3) is 0.333. The van der Waals surface area contributed by atoms with Gasteiger partial charge in [-0.25, -0.2) is 4.39 Å². The van der Waals surface area contributed by atoms with Gasteiger partial charge >= 0.3 is 0 Å². The molecule has 1 unspecified atom stereocenters. The van der Waals surface area contributed by atoms with E-state index in [9.17, 15) is 14.0 Å². The van der Waals surface area contributed by atoms with E-state index in [0.29, 0.717) is 11.3 Å². The Balaban J connectivity index is 2.35. The number of piperidine rings is 1. The number of benzene rings is 1. The number of carbonyl (C=O) groups excluding carboxylic acids is 2. The third kappa shape index (κ3) is 2.43. The van der Waals surface area contributed by atoms with Crippen LogP contribution in [0.4, 0.5) is 4.39 Å². The molecule has 4 nitrogen and oxygen atoms in total. The lowest BCUT2D eigenvalue weighted by Gasteiger charge is -2.24. The lowest BCUT2D eigenvalue weighted by atomic mass is 9.95. The number of ketones is 1. The van der Waals surface area contributed by atoms with Gasteiger partial charge in [-0.2, -0.15) is 0 Å². The van der Waals surface area contributed by atoms with Gasteiger partial charge in [-0.15, -0.1) is 0 Å². The summed E-state index contributed by atoms with van der Waals surface area (Å²) < 4.78 is 18.3. The van der Waals surface area contributed by atoms with Gasteiger partial charge in [-0.3, -0.25) is 9.59 Å². The second-order valence-electron chi connectivity index (χ2n) is 3.93. The summed E-state index contributed by atoms with van der Waals surface area (Å²) in [6.45, 7) is 0. The van der Waals surface area contributed by atoms with Crippen LogP contribution in [0.5, 0.6) is 5.75 Å². The second kappa shape index (κ2) is 4.53. The maximum atomic E-state index is 13.2. The van der Waals surface area contributed by atoms with Gasteiger partial charge in [0.2, 0.25) is 5.91 Å². The van der Waals surface area contributed by atoms with E-state index in [-0.39, 0.29) is 24.5 Å². The Morgan fingerprint density at radius 3 is 2.82 bits per heavy atom. The van der Waals surface area contributed by atoms with E-state index >= 15 is 0 Å². The molecule has 0 aromatic heterocycles. The number of amides is 1. The van der Waals surface area contributed by atoms with Crippen molar-refractivity contribution in [3.63, 3.8) is 0 Å². The quantitative estimate of drug-likeness (QED) is 0.790. The summed E-state index contributed by atoms with van der Waals surface area (Å²) in [6.07, 6.45) is 0.0691. The summed E-state index contributed by atoms with van der Waals surface area (Å²) >= 11 is 0. The molecule has 1 heterocycles. The number of Topliss-reactive ketones (excluding diaryl/α,β-unsaturated/α-hetero) is 1. The molecule has 1 aliphatic rings. The molecule has 0 spiro atoms. The van der Waals surface area contributed by atoms with Crippen LogP contribution in [0, 0.1) is 5.82 Å². The number of carbonyl (C=O) groups is 2.